The van der Waals surface area contributed by atoms with Gasteiger partial charge in [-0.15, -0.1) is 0 Å². The maximum atomic E-state index is 11.4. The molecule has 3 rings (SSSR count). The monoisotopic (exact) mass is 252 g/mol. The number of carbonyl (C=O) groups is 1. The molecule has 2 aromatic rings. The third-order valence-corrected chi connectivity index (χ3v) is 3.15. The van der Waals surface area contributed by atoms with Crippen molar-refractivity contribution in [1.29, 1.82) is 0 Å². The number of hydrogen-bond donors (Lipinski definition) is 1. The molecule has 0 aliphatic carbocycles. The van der Waals surface area contributed by atoms with Crippen LogP contribution >= 0.6 is 0 Å². The summed E-state index contributed by atoms with van der Waals surface area (Å²) in [6.07, 6.45) is 0. The summed E-state index contributed by atoms with van der Waals surface area (Å²) in [6, 6.07) is 17.1. The number of rotatable bonds is 2. The van der Waals surface area contributed by atoms with Crippen molar-refractivity contribution in [1.82, 2.24) is 0 Å². The van der Waals surface area contributed by atoms with Gasteiger partial charge >= 0.3 is 5.97 Å². The van der Waals surface area contributed by atoms with Gasteiger partial charge in [0.2, 0.25) is 0 Å². The first-order chi connectivity index (χ1) is 9.27. The molecule has 0 amide bonds. The Balaban J connectivity index is 2.27. The lowest BCUT2D eigenvalue weighted by atomic mass is 9.91. The van der Waals surface area contributed by atoms with Crippen LogP contribution in [0.25, 0.3) is 5.57 Å². The number of fused-ring (bicyclic) bond motifs is 1. The number of carboxylic acids is 1. The molecule has 19 heavy (non-hydrogen) atoms. The first kappa shape index (κ1) is 11.5. The molecule has 0 spiro atoms. The van der Waals surface area contributed by atoms with Crippen LogP contribution in [-0.2, 0) is 4.79 Å². The van der Waals surface area contributed by atoms with E-state index < -0.39 is 5.97 Å². The molecule has 0 aromatic heterocycles. The largest absolute Gasteiger partial charge is 0.488 e. The highest BCUT2D eigenvalue weighted by Crippen LogP contribution is 2.37. The molecule has 0 bridgehead atoms. The van der Waals surface area contributed by atoms with Gasteiger partial charge in [0.15, 0.2) is 0 Å². The van der Waals surface area contributed by atoms with Crippen molar-refractivity contribution < 1.29 is 14.6 Å². The highest BCUT2D eigenvalue weighted by Gasteiger charge is 2.25. The van der Waals surface area contributed by atoms with Crippen LogP contribution in [-0.4, -0.2) is 17.7 Å². The zero-order valence-corrected chi connectivity index (χ0v) is 10.2. The fraction of sp³-hybridized carbons (Fsp3) is 0.0625. The van der Waals surface area contributed by atoms with Crippen LogP contribution in [0.2, 0.25) is 0 Å². The number of carboxylic acid groups (broad SMARTS) is 1. The summed E-state index contributed by atoms with van der Waals surface area (Å²) >= 11 is 0. The molecule has 1 heterocycles. The lowest BCUT2D eigenvalue weighted by Crippen LogP contribution is -2.18. The van der Waals surface area contributed by atoms with Crippen molar-refractivity contribution in [3.05, 3.63) is 71.3 Å². The molecule has 1 aliphatic rings. The summed E-state index contributed by atoms with van der Waals surface area (Å²) in [5, 5.41) is 9.36. The molecular formula is C16H12O3. The van der Waals surface area contributed by atoms with E-state index in [1.807, 2.05) is 54.6 Å². The first-order valence-electron chi connectivity index (χ1n) is 6.01. The van der Waals surface area contributed by atoms with Gasteiger partial charge in [-0.1, -0.05) is 48.5 Å². The second-order valence-corrected chi connectivity index (χ2v) is 4.31. The Kier molecular flexibility index (Phi) is 2.80. The summed E-state index contributed by atoms with van der Waals surface area (Å²) in [4.78, 5) is 11.4. The Bertz CT molecular complexity index is 657. The molecule has 0 atom stereocenters. The van der Waals surface area contributed by atoms with Gasteiger partial charge in [0.25, 0.3) is 0 Å². The summed E-state index contributed by atoms with van der Waals surface area (Å²) in [5.41, 5.74) is 2.77. The van der Waals surface area contributed by atoms with Gasteiger partial charge in [-0.25, -0.2) is 4.79 Å². The Morgan fingerprint density at radius 3 is 2.42 bits per heavy atom. The summed E-state index contributed by atoms with van der Waals surface area (Å²) < 4.78 is 5.51. The number of ether oxygens (including phenoxy) is 1. The van der Waals surface area contributed by atoms with E-state index in [1.165, 1.54) is 0 Å². The molecule has 1 aliphatic heterocycles. The molecule has 0 radical (unpaired) electrons. The summed E-state index contributed by atoms with van der Waals surface area (Å²) in [6.45, 7) is 0.0938. The van der Waals surface area contributed by atoms with E-state index in [4.69, 9.17) is 4.74 Å². The molecule has 0 saturated carbocycles. The fourth-order valence-electron chi connectivity index (χ4n) is 2.29. The van der Waals surface area contributed by atoms with Gasteiger partial charge in [0.1, 0.15) is 12.4 Å². The minimum absolute atomic E-state index is 0.0938. The van der Waals surface area contributed by atoms with Crippen molar-refractivity contribution >= 4 is 11.5 Å². The normalized spacial score (nSPS) is 13.7. The second kappa shape index (κ2) is 4.61. The lowest BCUT2D eigenvalue weighted by Gasteiger charge is -2.22. The van der Waals surface area contributed by atoms with E-state index in [0.29, 0.717) is 5.57 Å². The van der Waals surface area contributed by atoms with Gasteiger partial charge in [0, 0.05) is 11.1 Å². The average molecular weight is 252 g/mol. The van der Waals surface area contributed by atoms with E-state index in [2.05, 4.69) is 0 Å². The highest BCUT2D eigenvalue weighted by molar-refractivity contribution is 6.02. The SMILES string of the molecule is O=C(O)C1=C(c2ccccc2)c2ccccc2OC1. The van der Waals surface area contributed by atoms with Crippen molar-refractivity contribution in [2.24, 2.45) is 0 Å². The van der Waals surface area contributed by atoms with E-state index in [-0.39, 0.29) is 6.61 Å². The van der Waals surface area contributed by atoms with Crippen molar-refractivity contribution in [2.75, 3.05) is 6.61 Å². The van der Waals surface area contributed by atoms with Crippen molar-refractivity contribution in [2.45, 2.75) is 0 Å². The van der Waals surface area contributed by atoms with Gasteiger partial charge in [-0.2, -0.15) is 0 Å². The predicted octanol–water partition coefficient (Wildman–Crippen LogP) is 2.97. The Morgan fingerprint density at radius 1 is 1.00 bits per heavy atom. The van der Waals surface area contributed by atoms with Gasteiger partial charge < -0.3 is 9.84 Å². The van der Waals surface area contributed by atoms with Gasteiger partial charge in [0.05, 0.1) is 5.57 Å². The van der Waals surface area contributed by atoms with E-state index >= 15 is 0 Å². The summed E-state index contributed by atoms with van der Waals surface area (Å²) in [7, 11) is 0. The lowest BCUT2D eigenvalue weighted by molar-refractivity contribution is -0.133. The Labute approximate surface area is 110 Å². The van der Waals surface area contributed by atoms with Crippen molar-refractivity contribution in [3.8, 4) is 5.75 Å². The maximum absolute atomic E-state index is 11.4. The van der Waals surface area contributed by atoms with E-state index in [1.54, 1.807) is 0 Å². The third kappa shape index (κ3) is 1.99. The fourth-order valence-corrected chi connectivity index (χ4v) is 2.29. The van der Waals surface area contributed by atoms with Gasteiger partial charge in [-0.3, -0.25) is 0 Å². The van der Waals surface area contributed by atoms with Gasteiger partial charge in [-0.05, 0) is 11.6 Å². The molecule has 0 saturated heterocycles. The average Bonchev–Trinajstić information content (AvgIpc) is 2.46. The first-order valence-corrected chi connectivity index (χ1v) is 6.01. The highest BCUT2D eigenvalue weighted by atomic mass is 16.5. The van der Waals surface area contributed by atoms with Crippen LogP contribution in [0.5, 0.6) is 5.75 Å². The molecule has 2 aromatic carbocycles. The van der Waals surface area contributed by atoms with Crippen LogP contribution in [0.1, 0.15) is 11.1 Å². The quantitative estimate of drug-likeness (QED) is 0.893. The Morgan fingerprint density at radius 2 is 1.68 bits per heavy atom. The molecular weight excluding hydrogens is 240 g/mol. The topological polar surface area (TPSA) is 46.5 Å². The molecule has 94 valence electrons. The molecule has 3 nitrogen and oxygen atoms in total. The minimum Gasteiger partial charge on any atom is -0.488 e. The predicted molar refractivity (Wildman–Crippen MR) is 72.0 cm³/mol. The minimum atomic E-state index is -0.937. The third-order valence-electron chi connectivity index (χ3n) is 3.15. The number of benzene rings is 2. The number of aliphatic carboxylic acids is 1. The number of para-hydroxylation sites is 1. The zero-order chi connectivity index (χ0) is 13.2. The van der Waals surface area contributed by atoms with E-state index in [9.17, 15) is 9.90 Å². The van der Waals surface area contributed by atoms with E-state index in [0.717, 1.165) is 22.4 Å². The maximum Gasteiger partial charge on any atom is 0.335 e. The standard InChI is InChI=1S/C16H12O3/c17-16(18)13-10-19-14-9-5-4-8-12(14)15(13)11-6-2-1-3-7-11/h1-9H,10H2,(H,17,18). The molecule has 1 N–H and O–H groups in total. The van der Waals surface area contributed by atoms with Crippen LogP contribution < -0.4 is 4.74 Å². The van der Waals surface area contributed by atoms with Crippen LogP contribution in [0, 0.1) is 0 Å². The number of hydrogen-bond acceptors (Lipinski definition) is 2. The molecule has 3 heteroatoms. The molecule has 0 unspecified atom stereocenters. The molecule has 0 fully saturated rings. The van der Waals surface area contributed by atoms with Crippen molar-refractivity contribution in [3.63, 3.8) is 0 Å². The zero-order valence-electron chi connectivity index (χ0n) is 10.2. The summed E-state index contributed by atoms with van der Waals surface area (Å²) in [5.74, 6) is -0.209. The van der Waals surface area contributed by atoms with Crippen LogP contribution in [0.15, 0.2) is 60.2 Å². The van der Waals surface area contributed by atoms with Crippen LogP contribution in [0.4, 0.5) is 0 Å². The van der Waals surface area contributed by atoms with Crippen LogP contribution in [0.3, 0.4) is 0 Å². The smallest absolute Gasteiger partial charge is 0.335 e. The Hall–Kier alpha value is -2.55. The second-order valence-electron chi connectivity index (χ2n) is 4.31.